The first-order valence-corrected chi connectivity index (χ1v) is 5.25. The average Bonchev–Trinajstić information content (AvgIpc) is 2.31. The Balaban J connectivity index is 2.78. The molecule has 0 heterocycles. The van der Waals surface area contributed by atoms with Crippen LogP contribution in [0, 0.1) is 12.7 Å². The first kappa shape index (κ1) is 13.6. The maximum Gasteiger partial charge on any atom is 0.252 e. The molecule has 0 saturated carbocycles. The van der Waals surface area contributed by atoms with Crippen molar-refractivity contribution < 1.29 is 19.0 Å². The molecular formula is C12H16FNO3. The number of amides is 1. The molecule has 1 atom stereocenters. The quantitative estimate of drug-likeness (QED) is 0.804. The Morgan fingerprint density at radius 3 is 2.88 bits per heavy atom. The number of carbonyl (C=O) groups excluding carboxylic acids is 1. The lowest BCUT2D eigenvalue weighted by molar-refractivity contribution is 0.0838. The summed E-state index contributed by atoms with van der Waals surface area (Å²) in [5, 5.41) is 11.6. The van der Waals surface area contributed by atoms with Crippen molar-refractivity contribution in [2.24, 2.45) is 0 Å². The third-order valence-corrected chi connectivity index (χ3v) is 2.37. The first-order chi connectivity index (χ1) is 8.08. The van der Waals surface area contributed by atoms with Gasteiger partial charge in [-0.1, -0.05) is 6.07 Å². The summed E-state index contributed by atoms with van der Waals surface area (Å²) in [6, 6.07) is 3.51. The zero-order chi connectivity index (χ0) is 12.8. The van der Waals surface area contributed by atoms with Crippen LogP contribution in [0.2, 0.25) is 0 Å². The topological polar surface area (TPSA) is 58.6 Å². The van der Waals surface area contributed by atoms with E-state index in [4.69, 9.17) is 9.84 Å². The predicted molar refractivity (Wildman–Crippen MR) is 61.4 cm³/mol. The van der Waals surface area contributed by atoms with E-state index in [1.807, 2.05) is 0 Å². The molecule has 0 saturated heterocycles. The van der Waals surface area contributed by atoms with Crippen molar-refractivity contribution in [2.75, 3.05) is 20.3 Å². The van der Waals surface area contributed by atoms with Crippen LogP contribution in [-0.2, 0) is 4.74 Å². The fourth-order valence-electron chi connectivity index (χ4n) is 1.44. The summed E-state index contributed by atoms with van der Waals surface area (Å²) in [5.41, 5.74) is 0.942. The second-order valence-electron chi connectivity index (χ2n) is 3.77. The molecule has 17 heavy (non-hydrogen) atoms. The normalized spacial score (nSPS) is 12.2. The van der Waals surface area contributed by atoms with Crippen molar-refractivity contribution >= 4 is 5.91 Å². The lowest BCUT2D eigenvalue weighted by atomic mass is 10.1. The van der Waals surface area contributed by atoms with Crippen molar-refractivity contribution in [1.82, 2.24) is 5.32 Å². The lowest BCUT2D eigenvalue weighted by Gasteiger charge is -2.16. The number of hydrogen-bond donors (Lipinski definition) is 2. The molecule has 0 fully saturated rings. The van der Waals surface area contributed by atoms with Crippen LogP contribution in [0.5, 0.6) is 0 Å². The Bertz CT molecular complexity index is 395. The van der Waals surface area contributed by atoms with Crippen LogP contribution in [0.3, 0.4) is 0 Å². The molecule has 5 heteroatoms. The minimum Gasteiger partial charge on any atom is -0.394 e. The lowest BCUT2D eigenvalue weighted by Crippen LogP contribution is -2.40. The van der Waals surface area contributed by atoms with Crippen LogP contribution in [-0.4, -0.2) is 37.4 Å². The third-order valence-electron chi connectivity index (χ3n) is 2.37. The number of hydrogen-bond acceptors (Lipinski definition) is 3. The van der Waals surface area contributed by atoms with Gasteiger partial charge in [-0.15, -0.1) is 0 Å². The fraction of sp³-hybridized carbons (Fsp3) is 0.417. The van der Waals surface area contributed by atoms with Crippen LogP contribution >= 0.6 is 0 Å². The maximum absolute atomic E-state index is 13.0. The maximum atomic E-state index is 13.0. The summed E-state index contributed by atoms with van der Waals surface area (Å²) in [4.78, 5) is 11.8. The zero-order valence-electron chi connectivity index (χ0n) is 9.87. The molecule has 1 amide bonds. The molecular weight excluding hydrogens is 225 g/mol. The molecule has 0 aliphatic rings. The Hall–Kier alpha value is -1.46. The SMILES string of the molecule is COCC(CO)NC(=O)c1cc(F)ccc1C. The highest BCUT2D eigenvalue weighted by molar-refractivity contribution is 5.95. The molecule has 0 aromatic heterocycles. The minimum atomic E-state index is -0.491. The van der Waals surface area contributed by atoms with Gasteiger partial charge in [0, 0.05) is 12.7 Å². The Morgan fingerprint density at radius 1 is 1.59 bits per heavy atom. The number of aliphatic hydroxyl groups excluding tert-OH is 1. The molecule has 4 nitrogen and oxygen atoms in total. The molecule has 2 N–H and O–H groups in total. The smallest absolute Gasteiger partial charge is 0.252 e. The van der Waals surface area contributed by atoms with Gasteiger partial charge in [-0.3, -0.25) is 4.79 Å². The number of ether oxygens (including phenoxy) is 1. The monoisotopic (exact) mass is 241 g/mol. The predicted octanol–water partition coefficient (Wildman–Crippen LogP) is 0.871. The number of rotatable bonds is 5. The summed E-state index contributed by atoms with van der Waals surface area (Å²) in [7, 11) is 1.47. The van der Waals surface area contributed by atoms with Crippen molar-refractivity contribution in [3.8, 4) is 0 Å². The number of methoxy groups -OCH3 is 1. The Morgan fingerprint density at radius 2 is 2.29 bits per heavy atom. The number of halogens is 1. The van der Waals surface area contributed by atoms with Gasteiger partial charge in [-0.05, 0) is 24.6 Å². The van der Waals surface area contributed by atoms with Crippen LogP contribution < -0.4 is 5.32 Å². The number of benzene rings is 1. The standard InChI is InChI=1S/C12H16FNO3/c1-8-3-4-9(13)5-11(8)12(16)14-10(6-15)7-17-2/h3-5,10,15H,6-7H2,1-2H3,(H,14,16). The highest BCUT2D eigenvalue weighted by atomic mass is 19.1. The number of aryl methyl sites for hydroxylation is 1. The second-order valence-corrected chi connectivity index (χ2v) is 3.77. The Kier molecular flexibility index (Phi) is 5.06. The average molecular weight is 241 g/mol. The second kappa shape index (κ2) is 6.32. The Labute approximate surface area is 99.4 Å². The summed E-state index contributed by atoms with van der Waals surface area (Å²) in [6.07, 6.45) is 0. The van der Waals surface area contributed by atoms with Crippen LogP contribution in [0.1, 0.15) is 15.9 Å². The third kappa shape index (κ3) is 3.80. The molecule has 1 aromatic carbocycles. The summed E-state index contributed by atoms with van der Waals surface area (Å²) in [5.74, 6) is -0.883. The highest BCUT2D eigenvalue weighted by Crippen LogP contribution is 2.10. The molecule has 1 aromatic rings. The van der Waals surface area contributed by atoms with E-state index in [1.165, 1.54) is 25.3 Å². The summed E-state index contributed by atoms with van der Waals surface area (Å²) >= 11 is 0. The largest absolute Gasteiger partial charge is 0.394 e. The van der Waals surface area contributed by atoms with E-state index < -0.39 is 17.8 Å². The summed E-state index contributed by atoms with van der Waals surface area (Å²) in [6.45, 7) is 1.70. The van der Waals surface area contributed by atoms with E-state index in [2.05, 4.69) is 5.32 Å². The highest BCUT2D eigenvalue weighted by Gasteiger charge is 2.15. The van der Waals surface area contributed by atoms with E-state index in [0.29, 0.717) is 5.56 Å². The van der Waals surface area contributed by atoms with Gasteiger partial charge in [0.05, 0.1) is 19.3 Å². The molecule has 1 rings (SSSR count). The molecule has 0 bridgehead atoms. The van der Waals surface area contributed by atoms with Gasteiger partial charge in [0.1, 0.15) is 5.82 Å². The van der Waals surface area contributed by atoms with Crippen LogP contribution in [0.4, 0.5) is 4.39 Å². The van der Waals surface area contributed by atoms with Crippen molar-refractivity contribution in [1.29, 1.82) is 0 Å². The van der Waals surface area contributed by atoms with E-state index >= 15 is 0 Å². The molecule has 0 spiro atoms. The van der Waals surface area contributed by atoms with Gasteiger partial charge < -0.3 is 15.2 Å². The van der Waals surface area contributed by atoms with Gasteiger partial charge in [0.2, 0.25) is 0 Å². The molecule has 94 valence electrons. The van der Waals surface area contributed by atoms with E-state index in [0.717, 1.165) is 0 Å². The molecule has 1 unspecified atom stereocenters. The number of aliphatic hydroxyl groups is 1. The molecule has 0 aliphatic heterocycles. The molecule has 0 radical (unpaired) electrons. The van der Waals surface area contributed by atoms with Gasteiger partial charge in [-0.2, -0.15) is 0 Å². The van der Waals surface area contributed by atoms with Gasteiger partial charge in [-0.25, -0.2) is 4.39 Å². The van der Waals surface area contributed by atoms with Crippen molar-refractivity contribution in [3.05, 3.63) is 35.1 Å². The minimum absolute atomic E-state index is 0.205. The van der Waals surface area contributed by atoms with Gasteiger partial charge in [0.25, 0.3) is 5.91 Å². The van der Waals surface area contributed by atoms with Crippen molar-refractivity contribution in [3.63, 3.8) is 0 Å². The first-order valence-electron chi connectivity index (χ1n) is 5.25. The number of carbonyl (C=O) groups is 1. The molecule has 0 aliphatic carbocycles. The van der Waals surface area contributed by atoms with Crippen molar-refractivity contribution in [2.45, 2.75) is 13.0 Å². The van der Waals surface area contributed by atoms with Gasteiger partial charge >= 0.3 is 0 Å². The zero-order valence-corrected chi connectivity index (χ0v) is 9.87. The number of nitrogens with one attached hydrogen (secondary N) is 1. The summed E-state index contributed by atoms with van der Waals surface area (Å²) < 4.78 is 17.9. The van der Waals surface area contributed by atoms with Crippen LogP contribution in [0.25, 0.3) is 0 Å². The van der Waals surface area contributed by atoms with E-state index in [9.17, 15) is 9.18 Å². The van der Waals surface area contributed by atoms with E-state index in [1.54, 1.807) is 6.92 Å². The fourth-order valence-corrected chi connectivity index (χ4v) is 1.44. The van der Waals surface area contributed by atoms with Crippen LogP contribution in [0.15, 0.2) is 18.2 Å². The van der Waals surface area contributed by atoms with E-state index in [-0.39, 0.29) is 18.8 Å². The van der Waals surface area contributed by atoms with Gasteiger partial charge in [0.15, 0.2) is 0 Å².